The van der Waals surface area contributed by atoms with Crippen LogP contribution in [0.1, 0.15) is 5.56 Å². The fraction of sp³-hybridized carbons (Fsp3) is 0.250. The average molecular weight is 399 g/mol. The molecule has 1 aliphatic heterocycles. The molecule has 0 bridgehead atoms. The largest absolute Gasteiger partial charge is 0.378 e. The second-order valence-corrected chi connectivity index (χ2v) is 7.09. The fourth-order valence-corrected chi connectivity index (χ4v) is 3.93. The Kier molecular flexibility index (Phi) is 6.19. The van der Waals surface area contributed by atoms with Gasteiger partial charge in [-0.2, -0.15) is 5.26 Å². The van der Waals surface area contributed by atoms with E-state index < -0.39 is 5.91 Å². The highest BCUT2D eigenvalue weighted by atomic mass is 32.1. The number of carbonyl (C=O) groups is 1. The van der Waals surface area contributed by atoms with Gasteiger partial charge in [-0.05, 0) is 23.8 Å². The summed E-state index contributed by atoms with van der Waals surface area (Å²) < 4.78 is 20.4. The van der Waals surface area contributed by atoms with E-state index in [2.05, 4.69) is 6.58 Å². The molecule has 0 N–H and O–H groups in total. The van der Waals surface area contributed by atoms with Gasteiger partial charge in [-0.1, -0.05) is 18.2 Å². The third-order valence-corrected chi connectivity index (χ3v) is 5.36. The van der Waals surface area contributed by atoms with Gasteiger partial charge < -0.3 is 9.64 Å². The molecule has 1 amide bonds. The molecule has 1 aromatic carbocycles. The minimum Gasteiger partial charge on any atom is -0.378 e. The quantitative estimate of drug-likeness (QED) is 0.706. The van der Waals surface area contributed by atoms with Crippen molar-refractivity contribution in [3.63, 3.8) is 0 Å². The molecular formula is C20H18FN3O3S. The van der Waals surface area contributed by atoms with Gasteiger partial charge in [0.1, 0.15) is 16.5 Å². The van der Waals surface area contributed by atoms with Crippen LogP contribution in [0.15, 0.2) is 41.7 Å². The van der Waals surface area contributed by atoms with Crippen LogP contribution in [0.4, 0.5) is 4.39 Å². The van der Waals surface area contributed by atoms with Gasteiger partial charge in [0.15, 0.2) is 5.57 Å². The smallest absolute Gasteiger partial charge is 0.269 e. The molecule has 3 rings (SSSR count). The van der Waals surface area contributed by atoms with E-state index in [1.54, 1.807) is 23.1 Å². The van der Waals surface area contributed by atoms with Crippen molar-refractivity contribution in [3.05, 3.63) is 67.9 Å². The number of hydrogen-bond donors (Lipinski definition) is 0. The summed E-state index contributed by atoms with van der Waals surface area (Å²) in [5.74, 6) is -0.789. The number of thiazole rings is 1. The summed E-state index contributed by atoms with van der Waals surface area (Å²) in [6, 6.07) is 7.68. The molecule has 0 aliphatic carbocycles. The number of benzene rings is 1. The van der Waals surface area contributed by atoms with E-state index >= 15 is 0 Å². The maximum atomic E-state index is 13.1. The van der Waals surface area contributed by atoms with E-state index in [9.17, 15) is 19.2 Å². The molecule has 0 spiro atoms. The van der Waals surface area contributed by atoms with Crippen molar-refractivity contribution in [3.8, 4) is 6.07 Å². The molecule has 2 aromatic rings. The molecule has 6 nitrogen and oxygen atoms in total. The first-order valence-corrected chi connectivity index (χ1v) is 9.46. The van der Waals surface area contributed by atoms with Crippen LogP contribution >= 0.6 is 11.3 Å². The predicted octanol–water partition coefficient (Wildman–Crippen LogP) is 0.597. The number of carbonyl (C=O) groups excluding carboxylic acids is 1. The molecule has 1 aliphatic rings. The predicted molar refractivity (Wildman–Crippen MR) is 104 cm³/mol. The van der Waals surface area contributed by atoms with Crippen LogP contribution in [0.2, 0.25) is 0 Å². The maximum Gasteiger partial charge on any atom is 0.269 e. The van der Waals surface area contributed by atoms with Crippen LogP contribution in [-0.2, 0) is 16.1 Å². The lowest BCUT2D eigenvalue weighted by Gasteiger charge is -2.26. The summed E-state index contributed by atoms with van der Waals surface area (Å²) in [6.07, 6.45) is 3.15. The first kappa shape index (κ1) is 19.7. The standard InChI is InChI=1S/C20H18FN3O3S/c1-2-7-24-19(26)17(12-14-3-5-15(21)6-4-14)28-20(24)16(13-22)18(25)23-8-10-27-11-9-23/h2-6,12H,1,7-11H2. The van der Waals surface area contributed by atoms with Gasteiger partial charge in [-0.3, -0.25) is 14.2 Å². The van der Waals surface area contributed by atoms with E-state index in [1.807, 2.05) is 6.07 Å². The topological polar surface area (TPSA) is 75.3 Å². The van der Waals surface area contributed by atoms with Crippen molar-refractivity contribution in [2.75, 3.05) is 26.3 Å². The third-order valence-electron chi connectivity index (χ3n) is 4.22. The zero-order chi connectivity index (χ0) is 20.1. The molecular weight excluding hydrogens is 381 g/mol. The Bertz CT molecular complexity index is 1100. The van der Waals surface area contributed by atoms with Gasteiger partial charge in [-0.25, -0.2) is 4.39 Å². The van der Waals surface area contributed by atoms with Crippen LogP contribution in [0, 0.1) is 17.1 Å². The second-order valence-electron chi connectivity index (χ2n) is 6.06. The minimum atomic E-state index is -0.418. The van der Waals surface area contributed by atoms with Crippen molar-refractivity contribution in [1.29, 1.82) is 5.26 Å². The Morgan fingerprint density at radius 1 is 1.32 bits per heavy atom. The second kappa shape index (κ2) is 8.78. The molecule has 144 valence electrons. The van der Waals surface area contributed by atoms with Crippen molar-refractivity contribution in [1.82, 2.24) is 9.47 Å². The van der Waals surface area contributed by atoms with Crippen molar-refractivity contribution < 1.29 is 13.9 Å². The average Bonchev–Trinajstić information content (AvgIpc) is 3.01. The number of hydrogen-bond acceptors (Lipinski definition) is 5. The Morgan fingerprint density at radius 2 is 2.00 bits per heavy atom. The lowest BCUT2D eigenvalue weighted by molar-refractivity contribution is -0.128. The van der Waals surface area contributed by atoms with Gasteiger partial charge in [0.2, 0.25) is 0 Å². The van der Waals surface area contributed by atoms with Crippen LogP contribution in [-0.4, -0.2) is 41.7 Å². The van der Waals surface area contributed by atoms with E-state index in [1.165, 1.54) is 22.8 Å². The molecule has 0 radical (unpaired) electrons. The van der Waals surface area contributed by atoms with Gasteiger partial charge in [0.05, 0.1) is 17.7 Å². The normalized spacial score (nSPS) is 15.9. The fourth-order valence-electron chi connectivity index (χ4n) is 2.82. The molecule has 2 heterocycles. The zero-order valence-electron chi connectivity index (χ0n) is 15.1. The summed E-state index contributed by atoms with van der Waals surface area (Å²) in [4.78, 5) is 27.2. The third kappa shape index (κ3) is 4.11. The summed E-state index contributed by atoms with van der Waals surface area (Å²) >= 11 is 1.07. The molecule has 8 heteroatoms. The molecule has 1 fully saturated rings. The van der Waals surface area contributed by atoms with Crippen molar-refractivity contribution in [2.24, 2.45) is 0 Å². The number of nitrogens with zero attached hydrogens (tertiary/aromatic N) is 3. The van der Waals surface area contributed by atoms with Crippen LogP contribution < -0.4 is 14.8 Å². The molecule has 1 saturated heterocycles. The number of rotatable bonds is 4. The van der Waals surface area contributed by atoms with Gasteiger partial charge >= 0.3 is 0 Å². The highest BCUT2D eigenvalue weighted by Crippen LogP contribution is 2.06. The Hall–Kier alpha value is -3.02. The van der Waals surface area contributed by atoms with Gasteiger partial charge in [-0.15, -0.1) is 17.9 Å². The van der Waals surface area contributed by atoms with Crippen LogP contribution in [0.3, 0.4) is 0 Å². The van der Waals surface area contributed by atoms with Crippen molar-refractivity contribution >= 4 is 28.9 Å². The van der Waals surface area contributed by atoms with E-state index in [-0.39, 0.29) is 28.2 Å². The molecule has 0 saturated carbocycles. The van der Waals surface area contributed by atoms with E-state index in [0.29, 0.717) is 36.4 Å². The number of aromatic nitrogens is 1. The first-order valence-electron chi connectivity index (χ1n) is 8.64. The van der Waals surface area contributed by atoms with Crippen molar-refractivity contribution in [2.45, 2.75) is 6.54 Å². The van der Waals surface area contributed by atoms with Crippen LogP contribution in [0.5, 0.6) is 0 Å². The van der Waals surface area contributed by atoms with Crippen LogP contribution in [0.25, 0.3) is 11.6 Å². The van der Waals surface area contributed by atoms with Gasteiger partial charge in [0, 0.05) is 19.6 Å². The van der Waals surface area contributed by atoms with Gasteiger partial charge in [0.25, 0.3) is 11.5 Å². The lowest BCUT2D eigenvalue weighted by atomic mass is 10.2. The number of halogens is 1. The number of morpholine rings is 1. The van der Waals surface area contributed by atoms with E-state index in [4.69, 9.17) is 4.74 Å². The SMILES string of the molecule is C=CCn1c(=C(C#N)C(=O)N2CCOCC2)sc(=Cc2ccc(F)cc2)c1=O. The minimum absolute atomic E-state index is 0.0791. The monoisotopic (exact) mass is 399 g/mol. The highest BCUT2D eigenvalue weighted by molar-refractivity contribution is 7.07. The number of nitriles is 1. The zero-order valence-corrected chi connectivity index (χ0v) is 15.9. The summed E-state index contributed by atoms with van der Waals surface area (Å²) in [7, 11) is 0. The number of allylic oxidation sites excluding steroid dienone is 1. The van der Waals surface area contributed by atoms with E-state index in [0.717, 1.165) is 11.3 Å². The first-order chi connectivity index (χ1) is 13.5. The summed E-state index contributed by atoms with van der Waals surface area (Å²) in [6.45, 7) is 5.45. The number of amides is 1. The molecule has 0 atom stereocenters. The lowest BCUT2D eigenvalue weighted by Crippen LogP contribution is -2.42. The Balaban J connectivity index is 2.18. The Morgan fingerprint density at radius 3 is 2.61 bits per heavy atom. The Labute approximate surface area is 164 Å². The number of ether oxygens (including phenoxy) is 1. The maximum absolute atomic E-state index is 13.1. The molecule has 0 unspecified atom stereocenters. The highest BCUT2D eigenvalue weighted by Gasteiger charge is 2.23. The summed E-state index contributed by atoms with van der Waals surface area (Å²) in [5.41, 5.74) is 0.242. The molecule has 1 aromatic heterocycles. The molecule has 28 heavy (non-hydrogen) atoms. The summed E-state index contributed by atoms with van der Waals surface area (Å²) in [5, 5.41) is 9.64.